The quantitative estimate of drug-likeness (QED) is 0.416. The van der Waals surface area contributed by atoms with Gasteiger partial charge in [-0.05, 0) is 31.5 Å². The standard InChI is InChI=1S/C15H30OSi/c1-7-12-14-15(6,13-8-2)16-17(9-3,10-4)11-5/h2H,7,9-14H2,1,3-6H3. The minimum atomic E-state index is -1.54. The summed E-state index contributed by atoms with van der Waals surface area (Å²) in [5, 5.41) is 0. The highest BCUT2D eigenvalue weighted by molar-refractivity contribution is 6.73. The maximum Gasteiger partial charge on any atom is 0.192 e. The van der Waals surface area contributed by atoms with Crippen LogP contribution in [-0.2, 0) is 4.43 Å². The smallest absolute Gasteiger partial charge is 0.192 e. The maximum absolute atomic E-state index is 6.61. The van der Waals surface area contributed by atoms with Crippen molar-refractivity contribution in [2.75, 3.05) is 0 Å². The molecule has 1 nitrogen and oxygen atoms in total. The molecule has 0 rings (SSSR count). The van der Waals surface area contributed by atoms with E-state index in [0.717, 1.165) is 12.8 Å². The van der Waals surface area contributed by atoms with Crippen molar-refractivity contribution in [3.8, 4) is 12.3 Å². The highest BCUT2D eigenvalue weighted by atomic mass is 28.4. The molecule has 0 aliphatic heterocycles. The van der Waals surface area contributed by atoms with Gasteiger partial charge in [-0.1, -0.05) is 40.5 Å². The lowest BCUT2D eigenvalue weighted by Gasteiger charge is -2.40. The van der Waals surface area contributed by atoms with E-state index in [-0.39, 0.29) is 5.60 Å². The lowest BCUT2D eigenvalue weighted by atomic mass is 9.96. The highest BCUT2D eigenvalue weighted by Crippen LogP contribution is 2.32. The first-order valence-corrected chi connectivity index (χ1v) is 9.68. The fourth-order valence-corrected chi connectivity index (χ4v) is 5.58. The van der Waals surface area contributed by atoms with Gasteiger partial charge in [-0.25, -0.2) is 0 Å². The van der Waals surface area contributed by atoms with E-state index in [0.29, 0.717) is 0 Å². The van der Waals surface area contributed by atoms with E-state index in [2.05, 4.69) is 40.5 Å². The van der Waals surface area contributed by atoms with Crippen LogP contribution in [0.1, 0.15) is 60.3 Å². The van der Waals surface area contributed by atoms with Crippen LogP contribution >= 0.6 is 0 Å². The Morgan fingerprint density at radius 1 is 1.12 bits per heavy atom. The molecule has 0 aromatic carbocycles. The molecule has 0 bridgehead atoms. The molecule has 0 spiro atoms. The predicted octanol–water partition coefficient (Wildman–Crippen LogP) is 4.98. The molecular formula is C15H30OSi. The topological polar surface area (TPSA) is 9.23 Å². The van der Waals surface area contributed by atoms with E-state index in [1.54, 1.807) is 0 Å². The minimum Gasteiger partial charge on any atom is -0.411 e. The molecule has 0 aromatic rings. The zero-order valence-electron chi connectivity index (χ0n) is 12.4. The molecule has 0 aliphatic rings. The second kappa shape index (κ2) is 7.95. The summed E-state index contributed by atoms with van der Waals surface area (Å²) in [7, 11) is -1.54. The normalized spacial score (nSPS) is 15.3. The van der Waals surface area contributed by atoms with Crippen LogP contribution in [0.2, 0.25) is 18.1 Å². The van der Waals surface area contributed by atoms with E-state index in [1.165, 1.54) is 31.0 Å². The molecule has 100 valence electrons. The summed E-state index contributed by atoms with van der Waals surface area (Å²) in [5.74, 6) is 2.81. The highest BCUT2D eigenvalue weighted by Gasteiger charge is 2.37. The second-order valence-electron chi connectivity index (χ2n) is 5.28. The van der Waals surface area contributed by atoms with E-state index in [4.69, 9.17) is 10.8 Å². The van der Waals surface area contributed by atoms with E-state index >= 15 is 0 Å². The molecule has 0 fully saturated rings. The fourth-order valence-electron chi connectivity index (χ4n) is 2.43. The van der Waals surface area contributed by atoms with Gasteiger partial charge in [0, 0.05) is 6.42 Å². The van der Waals surface area contributed by atoms with Gasteiger partial charge in [-0.15, -0.1) is 12.3 Å². The molecular weight excluding hydrogens is 224 g/mol. The monoisotopic (exact) mass is 254 g/mol. The van der Waals surface area contributed by atoms with Crippen molar-refractivity contribution < 1.29 is 4.43 Å². The molecule has 0 N–H and O–H groups in total. The fraction of sp³-hybridized carbons (Fsp3) is 0.867. The Balaban J connectivity index is 4.76. The molecule has 17 heavy (non-hydrogen) atoms. The van der Waals surface area contributed by atoms with Gasteiger partial charge in [0.1, 0.15) is 0 Å². The van der Waals surface area contributed by atoms with Crippen molar-refractivity contribution in [3.63, 3.8) is 0 Å². The molecule has 1 atom stereocenters. The zero-order valence-corrected chi connectivity index (χ0v) is 13.4. The van der Waals surface area contributed by atoms with Crippen LogP contribution in [0.5, 0.6) is 0 Å². The SMILES string of the molecule is C#CCC(C)(CCCC)O[Si](CC)(CC)CC. The maximum atomic E-state index is 6.61. The number of rotatable bonds is 9. The van der Waals surface area contributed by atoms with Crippen LogP contribution in [0.25, 0.3) is 0 Å². The van der Waals surface area contributed by atoms with Crippen LogP contribution in [0.15, 0.2) is 0 Å². The largest absolute Gasteiger partial charge is 0.411 e. The molecule has 0 heterocycles. The Morgan fingerprint density at radius 3 is 2.00 bits per heavy atom. The van der Waals surface area contributed by atoms with Crippen molar-refractivity contribution in [2.45, 2.75) is 84.0 Å². The minimum absolute atomic E-state index is 0.0843. The summed E-state index contributed by atoms with van der Waals surface area (Å²) in [6.07, 6.45) is 9.79. The lowest BCUT2D eigenvalue weighted by Crippen LogP contribution is -2.45. The van der Waals surface area contributed by atoms with Crippen LogP contribution in [0.4, 0.5) is 0 Å². The van der Waals surface area contributed by atoms with E-state index in [9.17, 15) is 0 Å². The Kier molecular flexibility index (Phi) is 7.82. The number of hydrogen-bond donors (Lipinski definition) is 0. The molecule has 0 aromatic heterocycles. The summed E-state index contributed by atoms with van der Waals surface area (Å²) in [6.45, 7) is 11.3. The first-order chi connectivity index (χ1) is 8.01. The van der Waals surface area contributed by atoms with Crippen molar-refractivity contribution in [1.82, 2.24) is 0 Å². The first kappa shape index (κ1) is 16.7. The summed E-state index contributed by atoms with van der Waals surface area (Å²) in [6, 6.07) is 3.60. The average Bonchev–Trinajstić information content (AvgIpc) is 2.34. The summed E-state index contributed by atoms with van der Waals surface area (Å²) < 4.78 is 6.61. The van der Waals surface area contributed by atoms with Crippen LogP contribution < -0.4 is 0 Å². The third-order valence-corrected chi connectivity index (χ3v) is 8.72. The molecule has 0 saturated heterocycles. The van der Waals surface area contributed by atoms with Gasteiger partial charge in [0.25, 0.3) is 0 Å². The summed E-state index contributed by atoms with van der Waals surface area (Å²) in [5.41, 5.74) is -0.0843. The Hall–Kier alpha value is -0.263. The summed E-state index contributed by atoms with van der Waals surface area (Å²) in [4.78, 5) is 0. The van der Waals surface area contributed by atoms with Crippen LogP contribution in [0.3, 0.4) is 0 Å². The third-order valence-electron chi connectivity index (χ3n) is 3.93. The number of unbranched alkanes of at least 4 members (excludes halogenated alkanes) is 1. The van der Waals surface area contributed by atoms with Gasteiger partial charge in [0.2, 0.25) is 0 Å². The van der Waals surface area contributed by atoms with Crippen LogP contribution in [-0.4, -0.2) is 13.9 Å². The zero-order chi connectivity index (χ0) is 13.4. The van der Waals surface area contributed by atoms with Gasteiger partial charge < -0.3 is 4.43 Å². The Morgan fingerprint density at radius 2 is 1.65 bits per heavy atom. The predicted molar refractivity (Wildman–Crippen MR) is 79.7 cm³/mol. The van der Waals surface area contributed by atoms with Gasteiger partial charge >= 0.3 is 0 Å². The van der Waals surface area contributed by atoms with Gasteiger partial charge in [0.15, 0.2) is 8.32 Å². The van der Waals surface area contributed by atoms with E-state index in [1.807, 2.05) is 0 Å². The number of terminal acetylenes is 1. The third kappa shape index (κ3) is 5.27. The van der Waals surface area contributed by atoms with Crippen molar-refractivity contribution >= 4 is 8.32 Å². The van der Waals surface area contributed by atoms with Gasteiger partial charge in [-0.3, -0.25) is 0 Å². The molecule has 0 amide bonds. The molecule has 0 radical (unpaired) electrons. The Bertz CT molecular complexity index is 232. The van der Waals surface area contributed by atoms with Crippen LogP contribution in [0, 0.1) is 12.3 Å². The molecule has 2 heteroatoms. The first-order valence-electron chi connectivity index (χ1n) is 7.15. The molecule has 0 aliphatic carbocycles. The lowest BCUT2D eigenvalue weighted by molar-refractivity contribution is 0.0688. The van der Waals surface area contributed by atoms with Crippen molar-refractivity contribution in [1.29, 1.82) is 0 Å². The van der Waals surface area contributed by atoms with E-state index < -0.39 is 8.32 Å². The Labute approximate surface area is 109 Å². The molecule has 1 unspecified atom stereocenters. The molecule has 0 saturated carbocycles. The van der Waals surface area contributed by atoms with Gasteiger partial charge in [-0.2, -0.15) is 0 Å². The van der Waals surface area contributed by atoms with Gasteiger partial charge in [0.05, 0.1) is 5.60 Å². The summed E-state index contributed by atoms with van der Waals surface area (Å²) >= 11 is 0. The van der Waals surface area contributed by atoms with Crippen molar-refractivity contribution in [2.24, 2.45) is 0 Å². The van der Waals surface area contributed by atoms with Crippen molar-refractivity contribution in [3.05, 3.63) is 0 Å². The number of hydrogen-bond acceptors (Lipinski definition) is 1. The second-order valence-corrected chi connectivity index (χ2v) is 9.97. The average molecular weight is 254 g/mol.